The van der Waals surface area contributed by atoms with Gasteiger partial charge in [0, 0.05) is 13.5 Å². The summed E-state index contributed by atoms with van der Waals surface area (Å²) in [6.45, 7) is 6.33. The van der Waals surface area contributed by atoms with E-state index in [0.29, 0.717) is 6.61 Å². The lowest BCUT2D eigenvalue weighted by atomic mass is 9.99. The molecule has 0 unspecified atom stereocenters. The Morgan fingerprint density at radius 2 is 1.94 bits per heavy atom. The molecule has 1 rings (SSSR count). The predicted octanol–water partition coefficient (Wildman–Crippen LogP) is 1.92. The van der Waals surface area contributed by atoms with Gasteiger partial charge in [-0.05, 0) is 25.7 Å². The lowest BCUT2D eigenvalue weighted by Crippen LogP contribution is -2.51. The first-order chi connectivity index (χ1) is 7.68. The zero-order valence-corrected chi connectivity index (χ0v) is 10.3. The minimum atomic E-state index is -0.201. The van der Waals surface area contributed by atoms with Crippen molar-refractivity contribution in [1.82, 2.24) is 0 Å². The summed E-state index contributed by atoms with van der Waals surface area (Å²) in [6, 6.07) is 0. The molecule has 0 aromatic heterocycles. The number of esters is 1. The molecule has 1 aliphatic rings. The molecule has 0 N–H and O–H groups in total. The molecule has 1 heterocycles. The molecule has 0 aromatic carbocycles. The third kappa shape index (κ3) is 4.49. The second-order valence-electron chi connectivity index (χ2n) is 4.28. The van der Waals surface area contributed by atoms with Gasteiger partial charge < -0.3 is 14.2 Å². The van der Waals surface area contributed by atoms with Crippen LogP contribution in [0.1, 0.15) is 39.5 Å². The lowest BCUT2D eigenvalue weighted by Gasteiger charge is -2.40. The van der Waals surface area contributed by atoms with E-state index in [1.807, 2.05) is 0 Å². The van der Waals surface area contributed by atoms with Gasteiger partial charge in [0.1, 0.15) is 5.60 Å². The van der Waals surface area contributed by atoms with Crippen molar-refractivity contribution in [2.24, 2.45) is 0 Å². The normalized spacial score (nSPS) is 17.9. The first-order valence-electron chi connectivity index (χ1n) is 6.03. The average molecular weight is 230 g/mol. The summed E-state index contributed by atoms with van der Waals surface area (Å²) in [4.78, 5) is 10.5. The van der Waals surface area contributed by atoms with E-state index in [4.69, 9.17) is 14.2 Å². The monoisotopic (exact) mass is 230 g/mol. The molecular weight excluding hydrogens is 208 g/mol. The molecule has 1 fully saturated rings. The van der Waals surface area contributed by atoms with E-state index in [0.717, 1.165) is 45.5 Å². The molecule has 0 bridgehead atoms. The first-order valence-corrected chi connectivity index (χ1v) is 6.03. The van der Waals surface area contributed by atoms with Crippen LogP contribution in [-0.2, 0) is 19.0 Å². The number of carbonyl (C=O) groups excluding carboxylic acids is 1. The molecule has 94 valence electrons. The molecule has 1 aliphatic heterocycles. The Balaban J connectivity index is 1.90. The smallest absolute Gasteiger partial charge is 0.302 e. The average Bonchev–Trinajstić information content (AvgIpc) is 2.19. The van der Waals surface area contributed by atoms with Gasteiger partial charge in [0.15, 0.2) is 0 Å². The highest BCUT2D eigenvalue weighted by Gasteiger charge is 2.37. The van der Waals surface area contributed by atoms with Crippen LogP contribution in [0.15, 0.2) is 0 Å². The van der Waals surface area contributed by atoms with Crippen LogP contribution in [0.5, 0.6) is 0 Å². The largest absolute Gasteiger partial charge is 0.466 e. The van der Waals surface area contributed by atoms with E-state index in [2.05, 4.69) is 6.92 Å². The molecular formula is C12H22O4. The molecule has 1 saturated heterocycles. The maximum atomic E-state index is 10.5. The van der Waals surface area contributed by atoms with Crippen LogP contribution in [0.2, 0.25) is 0 Å². The minimum Gasteiger partial charge on any atom is -0.466 e. The number of unbranched alkanes of at least 4 members (excludes halogenated alkanes) is 2. The van der Waals surface area contributed by atoms with Crippen LogP contribution in [0, 0.1) is 0 Å². The maximum absolute atomic E-state index is 10.5. The van der Waals surface area contributed by atoms with Crippen LogP contribution in [0.3, 0.4) is 0 Å². The van der Waals surface area contributed by atoms with Crippen molar-refractivity contribution in [1.29, 1.82) is 0 Å². The van der Waals surface area contributed by atoms with Gasteiger partial charge in [0.05, 0.1) is 19.8 Å². The van der Waals surface area contributed by atoms with Gasteiger partial charge in [-0.15, -0.1) is 0 Å². The summed E-state index contributed by atoms with van der Waals surface area (Å²) in [7, 11) is 0. The molecule has 0 radical (unpaired) electrons. The van der Waals surface area contributed by atoms with E-state index >= 15 is 0 Å². The molecule has 0 spiro atoms. The summed E-state index contributed by atoms with van der Waals surface area (Å²) in [5.41, 5.74) is -0.00408. The SMILES string of the molecule is CCC1(OCCCCCOC(C)=O)COC1. The summed E-state index contributed by atoms with van der Waals surface area (Å²) in [5, 5.41) is 0. The van der Waals surface area contributed by atoms with Crippen molar-refractivity contribution < 1.29 is 19.0 Å². The van der Waals surface area contributed by atoms with Gasteiger partial charge in [0.2, 0.25) is 0 Å². The molecule has 0 aliphatic carbocycles. The van der Waals surface area contributed by atoms with Gasteiger partial charge in [-0.2, -0.15) is 0 Å². The van der Waals surface area contributed by atoms with Crippen LogP contribution in [-0.4, -0.2) is 38.0 Å². The van der Waals surface area contributed by atoms with Gasteiger partial charge in [-0.25, -0.2) is 0 Å². The highest BCUT2D eigenvalue weighted by atomic mass is 16.6. The Kier molecular flexibility index (Phi) is 5.77. The molecule has 0 saturated carbocycles. The highest BCUT2D eigenvalue weighted by Crippen LogP contribution is 2.25. The number of rotatable bonds is 8. The van der Waals surface area contributed by atoms with E-state index in [1.54, 1.807) is 0 Å². The van der Waals surface area contributed by atoms with Crippen molar-refractivity contribution in [3.8, 4) is 0 Å². The fourth-order valence-electron chi connectivity index (χ4n) is 1.60. The third-order valence-electron chi connectivity index (χ3n) is 2.88. The fourth-order valence-corrected chi connectivity index (χ4v) is 1.60. The van der Waals surface area contributed by atoms with Crippen molar-refractivity contribution in [2.45, 2.75) is 45.1 Å². The standard InChI is InChI=1S/C12H22O4/c1-3-12(9-14-10-12)16-8-6-4-5-7-15-11(2)13/h3-10H2,1-2H3. The molecule has 0 amide bonds. The zero-order valence-electron chi connectivity index (χ0n) is 10.3. The predicted molar refractivity (Wildman–Crippen MR) is 60.3 cm³/mol. The van der Waals surface area contributed by atoms with Crippen LogP contribution < -0.4 is 0 Å². The summed E-state index contributed by atoms with van der Waals surface area (Å²) < 4.78 is 15.8. The second kappa shape index (κ2) is 6.86. The van der Waals surface area contributed by atoms with Crippen molar-refractivity contribution in [3.63, 3.8) is 0 Å². The Morgan fingerprint density at radius 3 is 2.44 bits per heavy atom. The molecule has 0 aromatic rings. The fraction of sp³-hybridized carbons (Fsp3) is 0.917. The highest BCUT2D eigenvalue weighted by molar-refractivity contribution is 5.65. The number of ether oxygens (including phenoxy) is 3. The maximum Gasteiger partial charge on any atom is 0.302 e. The van der Waals surface area contributed by atoms with Gasteiger partial charge in [-0.1, -0.05) is 6.92 Å². The topological polar surface area (TPSA) is 44.8 Å². The van der Waals surface area contributed by atoms with Crippen LogP contribution in [0.25, 0.3) is 0 Å². The summed E-state index contributed by atoms with van der Waals surface area (Å²) in [5.74, 6) is -0.201. The Morgan fingerprint density at radius 1 is 1.25 bits per heavy atom. The summed E-state index contributed by atoms with van der Waals surface area (Å²) >= 11 is 0. The van der Waals surface area contributed by atoms with Gasteiger partial charge in [-0.3, -0.25) is 4.79 Å². The molecule has 16 heavy (non-hydrogen) atoms. The number of carbonyl (C=O) groups is 1. The Labute approximate surface area is 97.2 Å². The minimum absolute atomic E-state index is 0.00408. The van der Waals surface area contributed by atoms with Crippen molar-refractivity contribution in [2.75, 3.05) is 26.4 Å². The van der Waals surface area contributed by atoms with Gasteiger partial charge >= 0.3 is 5.97 Å². The Bertz CT molecular complexity index is 206. The molecule has 4 heteroatoms. The molecule has 0 atom stereocenters. The third-order valence-corrected chi connectivity index (χ3v) is 2.88. The quantitative estimate of drug-likeness (QED) is 0.472. The molecule has 4 nitrogen and oxygen atoms in total. The Hall–Kier alpha value is -0.610. The summed E-state index contributed by atoms with van der Waals surface area (Å²) in [6.07, 6.45) is 3.98. The zero-order chi connectivity index (χ0) is 11.9. The van der Waals surface area contributed by atoms with E-state index in [-0.39, 0.29) is 11.6 Å². The second-order valence-corrected chi connectivity index (χ2v) is 4.28. The van der Waals surface area contributed by atoms with Crippen LogP contribution in [0.4, 0.5) is 0 Å². The van der Waals surface area contributed by atoms with Gasteiger partial charge in [0.25, 0.3) is 0 Å². The van der Waals surface area contributed by atoms with Crippen LogP contribution >= 0.6 is 0 Å². The van der Waals surface area contributed by atoms with E-state index < -0.39 is 0 Å². The van der Waals surface area contributed by atoms with Crippen molar-refractivity contribution in [3.05, 3.63) is 0 Å². The van der Waals surface area contributed by atoms with E-state index in [9.17, 15) is 4.79 Å². The van der Waals surface area contributed by atoms with E-state index in [1.165, 1.54) is 6.92 Å². The lowest BCUT2D eigenvalue weighted by molar-refractivity contribution is -0.211. The first kappa shape index (κ1) is 13.5. The number of hydrogen-bond donors (Lipinski definition) is 0. The van der Waals surface area contributed by atoms with Crippen molar-refractivity contribution >= 4 is 5.97 Å². The number of hydrogen-bond acceptors (Lipinski definition) is 4.